The highest BCUT2D eigenvalue weighted by Crippen LogP contribution is 2.78. The molecule has 2 aliphatic carbocycles. The van der Waals surface area contributed by atoms with E-state index in [1.54, 1.807) is 0 Å². The molecule has 0 heterocycles. The molecule has 14 heavy (non-hydrogen) atoms. The van der Waals surface area contributed by atoms with Gasteiger partial charge in [0.1, 0.15) is 0 Å². The molecule has 0 aliphatic heterocycles. The number of rotatable bonds is 0. The summed E-state index contributed by atoms with van der Waals surface area (Å²) < 4.78 is 77.3. The summed E-state index contributed by atoms with van der Waals surface area (Å²) in [5.41, 5.74) is -8.88. The molecular weight excluding hydrogens is 210 g/mol. The maximum Gasteiger partial charge on any atom is 0.354 e. The predicted molar refractivity (Wildman–Crippen MR) is 35.9 cm³/mol. The van der Waals surface area contributed by atoms with Crippen LogP contribution >= 0.6 is 0 Å². The van der Waals surface area contributed by atoms with Crippen LogP contribution in [0.5, 0.6) is 0 Å². The molecule has 1 fully saturated rings. The van der Waals surface area contributed by atoms with Crippen molar-refractivity contribution in [2.75, 3.05) is 0 Å². The van der Waals surface area contributed by atoms with E-state index in [-0.39, 0.29) is 0 Å². The van der Waals surface area contributed by atoms with Crippen LogP contribution in [0.15, 0.2) is 11.1 Å². The van der Waals surface area contributed by atoms with Crippen LogP contribution in [0.1, 0.15) is 13.8 Å². The molecule has 0 nitrogen and oxygen atoms in total. The number of fused-ring (bicyclic) bond motifs is 1. The van der Waals surface area contributed by atoms with Crippen molar-refractivity contribution in [3.05, 3.63) is 11.1 Å². The fourth-order valence-corrected chi connectivity index (χ4v) is 2.24. The topological polar surface area (TPSA) is 0 Å². The molecule has 2 unspecified atom stereocenters. The van der Waals surface area contributed by atoms with Crippen LogP contribution in [0.4, 0.5) is 26.3 Å². The van der Waals surface area contributed by atoms with E-state index in [4.69, 9.17) is 0 Å². The van der Waals surface area contributed by atoms with Crippen LogP contribution in [-0.4, -0.2) is 23.2 Å². The fourth-order valence-electron chi connectivity index (χ4n) is 2.24. The van der Waals surface area contributed by atoms with Gasteiger partial charge in [-0.3, -0.25) is 0 Å². The van der Waals surface area contributed by atoms with E-state index in [2.05, 4.69) is 0 Å². The average Bonchev–Trinajstić information content (AvgIpc) is 2.11. The second-order valence-electron chi connectivity index (χ2n) is 3.72. The fraction of sp³-hybridized carbons (Fsp3) is 0.750. The second-order valence-corrected chi connectivity index (χ2v) is 3.72. The highest BCUT2D eigenvalue weighted by Gasteiger charge is 3.02. The lowest BCUT2D eigenvalue weighted by molar-refractivity contribution is -0.428. The third-order valence-electron chi connectivity index (χ3n) is 3.33. The second kappa shape index (κ2) is 1.84. The van der Waals surface area contributed by atoms with Crippen molar-refractivity contribution in [2.24, 2.45) is 0 Å². The Morgan fingerprint density at radius 3 is 1.07 bits per heavy atom. The maximum absolute atomic E-state index is 13.3. The highest BCUT2D eigenvalue weighted by atomic mass is 19.3. The van der Waals surface area contributed by atoms with Crippen molar-refractivity contribution < 1.29 is 26.3 Å². The van der Waals surface area contributed by atoms with Crippen molar-refractivity contribution in [3.8, 4) is 0 Å². The Hall–Kier alpha value is -0.680. The number of hydrogen-bond acceptors (Lipinski definition) is 0. The van der Waals surface area contributed by atoms with Crippen LogP contribution in [0.3, 0.4) is 0 Å². The molecule has 0 amide bonds. The van der Waals surface area contributed by atoms with Crippen LogP contribution < -0.4 is 0 Å². The number of hydrogen-bond donors (Lipinski definition) is 0. The zero-order chi connectivity index (χ0) is 11.2. The first-order chi connectivity index (χ1) is 6.07. The number of allylic oxidation sites excluding steroid dienone is 2. The van der Waals surface area contributed by atoms with Crippen LogP contribution in [0, 0.1) is 0 Å². The zero-order valence-corrected chi connectivity index (χ0v) is 7.27. The monoisotopic (exact) mass is 216 g/mol. The molecule has 1 saturated carbocycles. The normalized spacial score (nSPS) is 48.0. The third kappa shape index (κ3) is 0.458. The molecule has 6 heteroatoms. The molecule has 0 saturated heterocycles. The molecule has 0 bridgehead atoms. The Morgan fingerprint density at radius 2 is 0.857 bits per heavy atom. The van der Waals surface area contributed by atoms with Crippen molar-refractivity contribution in [1.82, 2.24) is 0 Å². The van der Waals surface area contributed by atoms with E-state index in [1.807, 2.05) is 0 Å². The summed E-state index contributed by atoms with van der Waals surface area (Å²) in [5, 5.41) is 0. The van der Waals surface area contributed by atoms with E-state index >= 15 is 0 Å². The van der Waals surface area contributed by atoms with Gasteiger partial charge in [-0.2, -0.15) is 17.6 Å². The summed E-state index contributed by atoms with van der Waals surface area (Å²) >= 11 is 0. The zero-order valence-electron chi connectivity index (χ0n) is 7.27. The van der Waals surface area contributed by atoms with Gasteiger partial charge in [-0.05, 0) is 25.0 Å². The quantitative estimate of drug-likeness (QED) is 0.431. The molecule has 2 atom stereocenters. The molecule has 2 aliphatic rings. The smallest absolute Gasteiger partial charge is 0.228 e. The first kappa shape index (κ1) is 9.86. The van der Waals surface area contributed by atoms with Gasteiger partial charge in [-0.15, -0.1) is 0 Å². The molecular formula is C8H6F6. The molecule has 0 spiro atoms. The van der Waals surface area contributed by atoms with Crippen LogP contribution in [0.2, 0.25) is 0 Å². The number of halogens is 6. The van der Waals surface area contributed by atoms with E-state index in [0.717, 1.165) is 13.8 Å². The van der Waals surface area contributed by atoms with Gasteiger partial charge in [0, 0.05) is 0 Å². The van der Waals surface area contributed by atoms with E-state index in [0.29, 0.717) is 0 Å². The summed E-state index contributed by atoms with van der Waals surface area (Å²) in [7, 11) is 0. The van der Waals surface area contributed by atoms with E-state index in [1.165, 1.54) is 0 Å². The standard InChI is InChI=1S/C8H6F6/c1-3-4(2)6(10)5(3,9)7(11,12)8(6,13)14/h1-2H3. The maximum atomic E-state index is 13.3. The van der Waals surface area contributed by atoms with Crippen molar-refractivity contribution in [3.63, 3.8) is 0 Å². The van der Waals surface area contributed by atoms with Gasteiger partial charge in [0.2, 0.25) is 11.3 Å². The Kier molecular flexibility index (Phi) is 1.29. The van der Waals surface area contributed by atoms with Crippen LogP contribution in [-0.2, 0) is 0 Å². The highest BCUT2D eigenvalue weighted by molar-refractivity contribution is 5.61. The van der Waals surface area contributed by atoms with Crippen molar-refractivity contribution in [2.45, 2.75) is 37.0 Å². The Labute approximate surface area is 75.6 Å². The molecule has 0 aromatic rings. The first-order valence-corrected chi connectivity index (χ1v) is 3.88. The summed E-state index contributed by atoms with van der Waals surface area (Å²) in [6.45, 7) is 1.80. The van der Waals surface area contributed by atoms with E-state index in [9.17, 15) is 26.3 Å². The lowest BCUT2D eigenvalue weighted by atomic mass is 9.47. The molecule has 0 aromatic heterocycles. The van der Waals surface area contributed by atoms with Gasteiger partial charge in [-0.25, -0.2) is 8.78 Å². The SMILES string of the molecule is CC1=C(C)C2(F)C(F)(F)C(F)(F)C12F. The minimum atomic E-state index is -4.95. The lowest BCUT2D eigenvalue weighted by Gasteiger charge is -2.65. The molecule has 0 aromatic carbocycles. The first-order valence-electron chi connectivity index (χ1n) is 3.88. The minimum absolute atomic E-state index is 0.629. The largest absolute Gasteiger partial charge is 0.354 e. The molecule has 2 rings (SSSR count). The van der Waals surface area contributed by atoms with Crippen molar-refractivity contribution in [1.29, 1.82) is 0 Å². The van der Waals surface area contributed by atoms with Crippen LogP contribution in [0.25, 0.3) is 0 Å². The third-order valence-corrected chi connectivity index (χ3v) is 3.33. The van der Waals surface area contributed by atoms with Gasteiger partial charge < -0.3 is 0 Å². The molecule has 0 radical (unpaired) electrons. The van der Waals surface area contributed by atoms with Gasteiger partial charge in [-0.1, -0.05) is 0 Å². The van der Waals surface area contributed by atoms with E-state index < -0.39 is 34.3 Å². The van der Waals surface area contributed by atoms with Gasteiger partial charge >= 0.3 is 11.8 Å². The van der Waals surface area contributed by atoms with Gasteiger partial charge in [0.15, 0.2) is 0 Å². The Balaban J connectivity index is 2.65. The molecule has 80 valence electrons. The molecule has 0 N–H and O–H groups in total. The summed E-state index contributed by atoms with van der Waals surface area (Å²) in [6.07, 6.45) is 0. The van der Waals surface area contributed by atoms with Gasteiger partial charge in [0.25, 0.3) is 0 Å². The summed E-state index contributed by atoms with van der Waals surface area (Å²) in [6, 6.07) is 0. The van der Waals surface area contributed by atoms with Crippen molar-refractivity contribution >= 4 is 0 Å². The van der Waals surface area contributed by atoms with Gasteiger partial charge in [0.05, 0.1) is 0 Å². The lowest BCUT2D eigenvalue weighted by Crippen LogP contribution is -2.91. The summed E-state index contributed by atoms with van der Waals surface area (Å²) in [5.74, 6) is -9.89. The Morgan fingerprint density at radius 1 is 0.643 bits per heavy atom. The predicted octanol–water partition coefficient (Wildman–Crippen LogP) is 3.04. The summed E-state index contributed by atoms with van der Waals surface area (Å²) in [4.78, 5) is 0. The average molecular weight is 216 g/mol. The minimum Gasteiger partial charge on any atom is -0.228 e. The Bertz CT molecular complexity index is 323. The number of alkyl halides is 6.